The zero-order valence-corrected chi connectivity index (χ0v) is 13.8. The van der Waals surface area contributed by atoms with Crippen molar-refractivity contribution in [2.24, 2.45) is 5.92 Å². The van der Waals surface area contributed by atoms with Crippen LogP contribution in [0, 0.1) is 5.92 Å². The van der Waals surface area contributed by atoms with Crippen LogP contribution >= 0.6 is 0 Å². The Hall–Kier alpha value is -1.59. The molecular weight excluding hydrogens is 290 g/mol. The van der Waals surface area contributed by atoms with Crippen molar-refractivity contribution in [3.8, 4) is 0 Å². The largest absolute Gasteiger partial charge is 0.396 e. The maximum absolute atomic E-state index is 12.1. The van der Waals surface area contributed by atoms with E-state index in [0.29, 0.717) is 19.1 Å². The average Bonchev–Trinajstić information content (AvgIpc) is 2.55. The van der Waals surface area contributed by atoms with Crippen LogP contribution in [0.5, 0.6) is 0 Å². The molecule has 3 rings (SSSR count). The van der Waals surface area contributed by atoms with Gasteiger partial charge in [-0.25, -0.2) is 4.79 Å². The molecule has 2 saturated heterocycles. The predicted octanol–water partition coefficient (Wildman–Crippen LogP) is 1.85. The fourth-order valence-corrected chi connectivity index (χ4v) is 3.49. The van der Waals surface area contributed by atoms with E-state index in [-0.39, 0.29) is 24.6 Å². The lowest BCUT2D eigenvalue weighted by Gasteiger charge is -2.41. The fourth-order valence-electron chi connectivity index (χ4n) is 3.49. The zero-order valence-electron chi connectivity index (χ0n) is 13.8. The third-order valence-corrected chi connectivity index (χ3v) is 5.19. The van der Waals surface area contributed by atoms with Crippen LogP contribution in [0.1, 0.15) is 31.4 Å². The highest BCUT2D eigenvalue weighted by Crippen LogP contribution is 2.24. The molecular formula is C18H27N3O2. The number of piperidine rings is 1. The van der Waals surface area contributed by atoms with E-state index in [1.165, 1.54) is 5.56 Å². The summed E-state index contributed by atoms with van der Waals surface area (Å²) in [4.78, 5) is 16.4. The molecule has 0 aliphatic carbocycles. The highest BCUT2D eigenvalue weighted by molar-refractivity contribution is 5.75. The maximum atomic E-state index is 12.1. The van der Waals surface area contributed by atoms with Gasteiger partial charge in [-0.3, -0.25) is 4.90 Å². The maximum Gasteiger partial charge on any atom is 0.317 e. The minimum Gasteiger partial charge on any atom is -0.396 e. The number of likely N-dealkylation sites (tertiary alicyclic amines) is 2. The van der Waals surface area contributed by atoms with Gasteiger partial charge in [0.1, 0.15) is 0 Å². The van der Waals surface area contributed by atoms with Crippen molar-refractivity contribution >= 4 is 6.03 Å². The summed E-state index contributed by atoms with van der Waals surface area (Å²) in [6.07, 6.45) is 2.00. The molecule has 0 radical (unpaired) electrons. The molecule has 0 bridgehead atoms. The third kappa shape index (κ3) is 3.85. The summed E-state index contributed by atoms with van der Waals surface area (Å²) in [5.41, 5.74) is 1.35. The number of nitrogens with one attached hydrogen (secondary N) is 1. The first-order valence-corrected chi connectivity index (χ1v) is 8.62. The normalized spacial score (nSPS) is 21.7. The molecule has 23 heavy (non-hydrogen) atoms. The number of amides is 2. The average molecular weight is 317 g/mol. The second-order valence-electron chi connectivity index (χ2n) is 6.80. The topological polar surface area (TPSA) is 55.8 Å². The zero-order chi connectivity index (χ0) is 16.2. The van der Waals surface area contributed by atoms with Gasteiger partial charge in [0.05, 0.1) is 0 Å². The summed E-state index contributed by atoms with van der Waals surface area (Å²) >= 11 is 0. The summed E-state index contributed by atoms with van der Waals surface area (Å²) in [5, 5.41) is 12.2. The van der Waals surface area contributed by atoms with Crippen LogP contribution in [0.3, 0.4) is 0 Å². The first-order chi connectivity index (χ1) is 11.2. The predicted molar refractivity (Wildman–Crippen MR) is 90.1 cm³/mol. The van der Waals surface area contributed by atoms with Gasteiger partial charge in [0.15, 0.2) is 0 Å². The summed E-state index contributed by atoms with van der Waals surface area (Å²) in [6.45, 7) is 5.84. The van der Waals surface area contributed by atoms with Crippen LogP contribution in [0.4, 0.5) is 4.79 Å². The number of aliphatic hydroxyl groups excluding tert-OH is 1. The number of carbonyl (C=O) groups excluding carboxylic acids is 1. The first kappa shape index (κ1) is 16.3. The standard InChI is InChI=1S/C18H27N3O2/c1-14(16-5-3-2-4-6-16)20-9-7-17(8-10-20)19-18(23)21-11-15(12-21)13-22/h2-6,14-15,17,22H,7-13H2,1H3,(H,19,23)/t14-/m0/s1. The van der Waals surface area contributed by atoms with E-state index in [1.807, 2.05) is 0 Å². The molecule has 0 spiro atoms. The molecule has 1 atom stereocenters. The number of hydrogen-bond donors (Lipinski definition) is 2. The van der Waals surface area contributed by atoms with Crippen molar-refractivity contribution in [3.63, 3.8) is 0 Å². The lowest BCUT2D eigenvalue weighted by atomic mass is 9.99. The molecule has 2 amide bonds. The van der Waals surface area contributed by atoms with Crippen LogP contribution in [-0.2, 0) is 0 Å². The summed E-state index contributed by atoms with van der Waals surface area (Å²) in [7, 11) is 0. The SMILES string of the molecule is C[C@@H](c1ccccc1)N1CCC(NC(=O)N2CC(CO)C2)CC1. The van der Waals surface area contributed by atoms with Crippen molar-refractivity contribution in [1.29, 1.82) is 0 Å². The molecule has 2 aliphatic heterocycles. The quantitative estimate of drug-likeness (QED) is 0.891. The number of nitrogens with zero attached hydrogens (tertiary/aromatic N) is 2. The minimum atomic E-state index is 0.0317. The molecule has 2 aliphatic rings. The number of carbonyl (C=O) groups is 1. The lowest BCUT2D eigenvalue weighted by molar-refractivity contribution is 0.0733. The van der Waals surface area contributed by atoms with E-state index < -0.39 is 0 Å². The van der Waals surface area contributed by atoms with Crippen molar-refractivity contribution in [3.05, 3.63) is 35.9 Å². The van der Waals surface area contributed by atoms with E-state index in [4.69, 9.17) is 5.11 Å². The Bertz CT molecular complexity index is 508. The van der Waals surface area contributed by atoms with Crippen molar-refractivity contribution < 1.29 is 9.90 Å². The van der Waals surface area contributed by atoms with E-state index in [0.717, 1.165) is 25.9 Å². The van der Waals surface area contributed by atoms with Gasteiger partial charge in [-0.05, 0) is 25.3 Å². The van der Waals surface area contributed by atoms with Gasteiger partial charge < -0.3 is 15.3 Å². The van der Waals surface area contributed by atoms with Gasteiger partial charge in [-0.2, -0.15) is 0 Å². The molecule has 2 fully saturated rings. The number of rotatable bonds is 4. The molecule has 1 aromatic rings. The van der Waals surface area contributed by atoms with Gasteiger partial charge in [0.25, 0.3) is 0 Å². The summed E-state index contributed by atoms with van der Waals surface area (Å²) in [6, 6.07) is 11.3. The van der Waals surface area contributed by atoms with E-state index >= 15 is 0 Å². The van der Waals surface area contributed by atoms with Crippen molar-refractivity contribution in [1.82, 2.24) is 15.1 Å². The Morgan fingerprint density at radius 1 is 1.26 bits per heavy atom. The lowest BCUT2D eigenvalue weighted by Crippen LogP contribution is -2.57. The van der Waals surface area contributed by atoms with Crippen molar-refractivity contribution in [2.45, 2.75) is 31.8 Å². The number of benzene rings is 1. The smallest absolute Gasteiger partial charge is 0.317 e. The molecule has 1 aromatic carbocycles. The molecule has 0 unspecified atom stereocenters. The van der Waals surface area contributed by atoms with Gasteiger partial charge in [-0.1, -0.05) is 30.3 Å². The van der Waals surface area contributed by atoms with Crippen molar-refractivity contribution in [2.75, 3.05) is 32.8 Å². The second kappa shape index (κ2) is 7.32. The highest BCUT2D eigenvalue weighted by Gasteiger charge is 2.32. The monoisotopic (exact) mass is 317 g/mol. The Morgan fingerprint density at radius 2 is 1.91 bits per heavy atom. The number of hydrogen-bond acceptors (Lipinski definition) is 3. The van der Waals surface area contributed by atoms with E-state index in [2.05, 4.69) is 47.5 Å². The van der Waals surface area contributed by atoms with Gasteiger partial charge in [0, 0.05) is 50.8 Å². The molecule has 0 aromatic heterocycles. The van der Waals surface area contributed by atoms with Gasteiger partial charge >= 0.3 is 6.03 Å². The van der Waals surface area contributed by atoms with Crippen LogP contribution in [0.2, 0.25) is 0 Å². The number of urea groups is 1. The minimum absolute atomic E-state index is 0.0317. The highest BCUT2D eigenvalue weighted by atomic mass is 16.3. The molecule has 2 N–H and O–H groups in total. The first-order valence-electron chi connectivity index (χ1n) is 8.62. The Morgan fingerprint density at radius 3 is 2.52 bits per heavy atom. The van der Waals surface area contributed by atoms with Crippen LogP contribution < -0.4 is 5.32 Å². The fraction of sp³-hybridized carbons (Fsp3) is 0.611. The van der Waals surface area contributed by atoms with E-state index in [9.17, 15) is 4.79 Å². The third-order valence-electron chi connectivity index (χ3n) is 5.19. The summed E-state index contributed by atoms with van der Waals surface area (Å²) in [5.74, 6) is 0.273. The molecule has 5 nitrogen and oxygen atoms in total. The second-order valence-corrected chi connectivity index (χ2v) is 6.80. The Balaban J connectivity index is 1.43. The van der Waals surface area contributed by atoms with Gasteiger partial charge in [0.2, 0.25) is 0 Å². The molecule has 0 saturated carbocycles. The van der Waals surface area contributed by atoms with Gasteiger partial charge in [-0.15, -0.1) is 0 Å². The number of aliphatic hydroxyl groups is 1. The molecule has 126 valence electrons. The molecule has 5 heteroatoms. The van der Waals surface area contributed by atoms with Crippen LogP contribution in [0.25, 0.3) is 0 Å². The van der Waals surface area contributed by atoms with Crippen LogP contribution in [-0.4, -0.2) is 59.8 Å². The summed E-state index contributed by atoms with van der Waals surface area (Å²) < 4.78 is 0. The molecule has 2 heterocycles. The van der Waals surface area contributed by atoms with Crippen LogP contribution in [0.15, 0.2) is 30.3 Å². The Labute approximate surface area is 138 Å². The Kier molecular flexibility index (Phi) is 5.18. The van der Waals surface area contributed by atoms with E-state index in [1.54, 1.807) is 4.90 Å².